The highest BCUT2D eigenvalue weighted by Crippen LogP contribution is 2.28. The van der Waals surface area contributed by atoms with Crippen molar-refractivity contribution in [2.24, 2.45) is 5.92 Å². The molecule has 2 aromatic heterocycles. The second kappa shape index (κ2) is 7.29. The predicted octanol–water partition coefficient (Wildman–Crippen LogP) is 2.13. The zero-order valence-electron chi connectivity index (χ0n) is 14.3. The molecule has 0 spiro atoms. The largest absolute Gasteiger partial charge is 0.326 e. The van der Waals surface area contributed by atoms with Crippen molar-refractivity contribution in [3.05, 3.63) is 42.7 Å². The van der Waals surface area contributed by atoms with E-state index < -0.39 is 15.9 Å². The molecule has 1 fully saturated rings. The third-order valence-corrected chi connectivity index (χ3v) is 7.01. The quantitative estimate of drug-likeness (QED) is 0.715. The first-order chi connectivity index (χ1) is 13.1. The lowest BCUT2D eigenvalue weighted by atomic mass is 9.99. The van der Waals surface area contributed by atoms with Crippen LogP contribution in [0.5, 0.6) is 0 Å². The van der Waals surface area contributed by atoms with Crippen LogP contribution in [0.15, 0.2) is 47.6 Å². The molecule has 1 amide bonds. The van der Waals surface area contributed by atoms with Gasteiger partial charge in [-0.25, -0.2) is 8.42 Å². The van der Waals surface area contributed by atoms with Gasteiger partial charge in [0, 0.05) is 31.2 Å². The Bertz CT molecular complexity index is 1070. The number of aromatic nitrogens is 3. The first-order valence-electron chi connectivity index (χ1n) is 8.48. The lowest BCUT2D eigenvalue weighted by molar-refractivity contribution is -0.120. The molecule has 10 heteroatoms. The molecule has 0 aliphatic carbocycles. The Morgan fingerprint density at radius 3 is 2.81 bits per heavy atom. The molecule has 3 aromatic rings. The molecular formula is C17H17N5O3S2. The second-order valence-electron chi connectivity index (χ2n) is 6.32. The first kappa shape index (κ1) is 18.0. The maximum Gasteiger partial charge on any atom is 0.245 e. The fourth-order valence-electron chi connectivity index (χ4n) is 3.18. The number of pyridine rings is 1. The van der Waals surface area contributed by atoms with Crippen LogP contribution in [0.1, 0.15) is 12.8 Å². The SMILES string of the molecule is O=C(Nc1ccncc1)[C@H]1CCCN(S(=O)(=O)c2cccc3nsnc23)C1. The minimum atomic E-state index is -3.75. The average molecular weight is 403 g/mol. The van der Waals surface area contributed by atoms with Gasteiger partial charge in [0.25, 0.3) is 0 Å². The van der Waals surface area contributed by atoms with Gasteiger partial charge < -0.3 is 5.32 Å². The van der Waals surface area contributed by atoms with Crippen LogP contribution in [0.2, 0.25) is 0 Å². The summed E-state index contributed by atoms with van der Waals surface area (Å²) in [6, 6.07) is 8.34. The molecule has 1 aromatic carbocycles. The zero-order chi connectivity index (χ0) is 18.9. The van der Waals surface area contributed by atoms with Crippen LogP contribution in [-0.4, -0.2) is 45.5 Å². The van der Waals surface area contributed by atoms with Gasteiger partial charge in [-0.1, -0.05) is 6.07 Å². The molecule has 4 rings (SSSR count). The number of hydrogen-bond donors (Lipinski definition) is 1. The van der Waals surface area contributed by atoms with E-state index in [4.69, 9.17) is 0 Å². The minimum absolute atomic E-state index is 0.143. The van der Waals surface area contributed by atoms with E-state index in [0.717, 1.165) is 11.7 Å². The molecule has 140 valence electrons. The Hall–Kier alpha value is -2.43. The Kier molecular flexibility index (Phi) is 4.85. The first-order valence-corrected chi connectivity index (χ1v) is 10.6. The minimum Gasteiger partial charge on any atom is -0.326 e. The molecular weight excluding hydrogens is 386 g/mol. The maximum absolute atomic E-state index is 13.1. The van der Waals surface area contributed by atoms with Gasteiger partial charge in [0.2, 0.25) is 15.9 Å². The lowest BCUT2D eigenvalue weighted by Crippen LogP contribution is -2.43. The van der Waals surface area contributed by atoms with Crippen LogP contribution in [0.25, 0.3) is 11.0 Å². The number of amides is 1. The molecule has 1 aliphatic rings. The number of benzene rings is 1. The number of nitrogens with one attached hydrogen (secondary N) is 1. The summed E-state index contributed by atoms with van der Waals surface area (Å²) in [5.41, 5.74) is 1.59. The van der Waals surface area contributed by atoms with Crippen molar-refractivity contribution >= 4 is 44.4 Å². The lowest BCUT2D eigenvalue weighted by Gasteiger charge is -2.31. The smallest absolute Gasteiger partial charge is 0.245 e. The van der Waals surface area contributed by atoms with Crippen molar-refractivity contribution in [2.75, 3.05) is 18.4 Å². The van der Waals surface area contributed by atoms with Gasteiger partial charge in [0.15, 0.2) is 0 Å². The number of anilines is 1. The Morgan fingerprint density at radius 1 is 1.19 bits per heavy atom. The Morgan fingerprint density at radius 2 is 2.00 bits per heavy atom. The summed E-state index contributed by atoms with van der Waals surface area (Å²) >= 11 is 0.984. The third-order valence-electron chi connectivity index (χ3n) is 4.57. The van der Waals surface area contributed by atoms with Crippen LogP contribution < -0.4 is 5.32 Å². The van der Waals surface area contributed by atoms with Gasteiger partial charge in [-0.2, -0.15) is 13.1 Å². The molecule has 0 radical (unpaired) electrons. The van der Waals surface area contributed by atoms with Crippen LogP contribution in [0.4, 0.5) is 5.69 Å². The monoisotopic (exact) mass is 403 g/mol. The number of sulfonamides is 1. The average Bonchev–Trinajstić information content (AvgIpc) is 3.17. The van der Waals surface area contributed by atoms with E-state index >= 15 is 0 Å². The summed E-state index contributed by atoms with van der Waals surface area (Å²) in [4.78, 5) is 16.6. The second-order valence-corrected chi connectivity index (χ2v) is 8.75. The molecule has 1 N–H and O–H groups in total. The molecule has 3 heterocycles. The molecule has 27 heavy (non-hydrogen) atoms. The van der Waals surface area contributed by atoms with Gasteiger partial charge in [-0.15, -0.1) is 0 Å². The van der Waals surface area contributed by atoms with Gasteiger partial charge >= 0.3 is 0 Å². The zero-order valence-corrected chi connectivity index (χ0v) is 15.9. The van der Waals surface area contributed by atoms with Crippen molar-refractivity contribution in [1.29, 1.82) is 0 Å². The highest BCUT2D eigenvalue weighted by Gasteiger charge is 2.34. The van der Waals surface area contributed by atoms with Gasteiger partial charge in [-0.05, 0) is 37.1 Å². The van der Waals surface area contributed by atoms with Crippen LogP contribution in [-0.2, 0) is 14.8 Å². The molecule has 1 saturated heterocycles. The van der Waals surface area contributed by atoms with E-state index in [-0.39, 0.29) is 17.3 Å². The van der Waals surface area contributed by atoms with Gasteiger partial charge in [0.05, 0.1) is 17.6 Å². The summed E-state index contributed by atoms with van der Waals surface area (Å²) in [6.45, 7) is 0.530. The van der Waals surface area contributed by atoms with Crippen LogP contribution >= 0.6 is 11.7 Å². The van der Waals surface area contributed by atoms with Crippen molar-refractivity contribution in [3.8, 4) is 0 Å². The number of rotatable bonds is 4. The molecule has 0 unspecified atom stereocenters. The van der Waals surface area contributed by atoms with E-state index in [2.05, 4.69) is 19.0 Å². The van der Waals surface area contributed by atoms with Crippen molar-refractivity contribution in [1.82, 2.24) is 18.0 Å². The van der Waals surface area contributed by atoms with E-state index in [1.165, 1.54) is 4.31 Å². The van der Waals surface area contributed by atoms with E-state index in [1.54, 1.807) is 42.7 Å². The normalized spacial score (nSPS) is 18.4. The van der Waals surface area contributed by atoms with Crippen LogP contribution in [0.3, 0.4) is 0 Å². The number of fused-ring (bicyclic) bond motifs is 1. The molecule has 0 bridgehead atoms. The number of piperidine rings is 1. The number of carbonyl (C=O) groups excluding carboxylic acids is 1. The molecule has 8 nitrogen and oxygen atoms in total. The van der Waals surface area contributed by atoms with Gasteiger partial charge in [-0.3, -0.25) is 9.78 Å². The highest BCUT2D eigenvalue weighted by molar-refractivity contribution is 7.89. The number of nitrogens with zero attached hydrogens (tertiary/aromatic N) is 4. The fourth-order valence-corrected chi connectivity index (χ4v) is 5.46. The Balaban J connectivity index is 1.55. The summed E-state index contributed by atoms with van der Waals surface area (Å²) in [5, 5.41) is 2.83. The van der Waals surface area contributed by atoms with Gasteiger partial charge in [0.1, 0.15) is 15.9 Å². The topological polar surface area (TPSA) is 105 Å². The third kappa shape index (κ3) is 3.55. The fraction of sp³-hybridized carbons (Fsp3) is 0.294. The van der Waals surface area contributed by atoms with E-state index in [1.807, 2.05) is 0 Å². The van der Waals surface area contributed by atoms with Crippen molar-refractivity contribution in [2.45, 2.75) is 17.7 Å². The number of hydrogen-bond acceptors (Lipinski definition) is 7. The van der Waals surface area contributed by atoms with Crippen molar-refractivity contribution in [3.63, 3.8) is 0 Å². The summed E-state index contributed by atoms with van der Waals surface area (Å²) in [5.74, 6) is -0.593. The molecule has 1 atom stereocenters. The number of carbonyl (C=O) groups is 1. The standard InChI is InChI=1S/C17H17N5O3S2/c23-17(19-13-6-8-18-9-7-13)12-3-2-10-22(11-12)27(24,25)15-5-1-4-14-16(15)21-26-20-14/h1,4-9,12H,2-3,10-11H2,(H,18,19,23)/t12-/m0/s1. The van der Waals surface area contributed by atoms with Crippen LogP contribution in [0, 0.1) is 5.92 Å². The highest BCUT2D eigenvalue weighted by atomic mass is 32.2. The summed E-state index contributed by atoms with van der Waals surface area (Å²) in [6.07, 6.45) is 4.45. The predicted molar refractivity (Wildman–Crippen MR) is 102 cm³/mol. The summed E-state index contributed by atoms with van der Waals surface area (Å²) in [7, 11) is -3.75. The maximum atomic E-state index is 13.1. The molecule has 1 aliphatic heterocycles. The van der Waals surface area contributed by atoms with E-state index in [9.17, 15) is 13.2 Å². The summed E-state index contributed by atoms with van der Waals surface area (Å²) < 4.78 is 35.9. The van der Waals surface area contributed by atoms with E-state index in [0.29, 0.717) is 36.1 Å². The molecule has 0 saturated carbocycles. The Labute approximate surface area is 160 Å². The van der Waals surface area contributed by atoms with Crippen molar-refractivity contribution < 1.29 is 13.2 Å².